The monoisotopic (exact) mass is 490 g/mol. The fourth-order valence-corrected chi connectivity index (χ4v) is 3.53. The number of anilines is 1. The van der Waals surface area contributed by atoms with E-state index in [0.29, 0.717) is 35.7 Å². The van der Waals surface area contributed by atoms with Crippen molar-refractivity contribution in [3.8, 4) is 11.3 Å². The zero-order chi connectivity index (χ0) is 25.4. The second-order valence-corrected chi connectivity index (χ2v) is 7.98. The molecular formula is C24H19F5N4O2. The Morgan fingerprint density at radius 3 is 2.54 bits per heavy atom. The van der Waals surface area contributed by atoms with Crippen LogP contribution in [0.3, 0.4) is 0 Å². The molecule has 1 amide bonds. The van der Waals surface area contributed by atoms with Gasteiger partial charge < -0.3 is 9.73 Å². The summed E-state index contributed by atoms with van der Waals surface area (Å²) in [4.78, 5) is 16.8. The van der Waals surface area contributed by atoms with E-state index in [0.717, 1.165) is 12.1 Å². The first-order valence-electron chi connectivity index (χ1n) is 10.3. The highest BCUT2D eigenvalue weighted by Crippen LogP contribution is 2.36. The van der Waals surface area contributed by atoms with E-state index in [9.17, 15) is 26.7 Å². The number of alkyl halides is 5. The highest BCUT2D eigenvalue weighted by molar-refractivity contribution is 6.04. The van der Waals surface area contributed by atoms with E-state index < -0.39 is 29.1 Å². The van der Waals surface area contributed by atoms with Gasteiger partial charge in [0.05, 0.1) is 35.3 Å². The topological polar surface area (TPSA) is 73.0 Å². The lowest BCUT2D eigenvalue weighted by Gasteiger charge is -2.18. The lowest BCUT2D eigenvalue weighted by atomic mass is 9.99. The largest absolute Gasteiger partial charge is 0.464 e. The third-order valence-corrected chi connectivity index (χ3v) is 5.24. The predicted molar refractivity (Wildman–Crippen MR) is 117 cm³/mol. The number of amides is 1. The number of hydrogen-bond acceptors (Lipinski definition) is 4. The van der Waals surface area contributed by atoms with E-state index >= 15 is 0 Å². The number of aryl methyl sites for hydroxylation is 1. The number of carbonyl (C=O) groups excluding carboxylic acids is 1. The van der Waals surface area contributed by atoms with Crippen LogP contribution in [-0.4, -0.2) is 20.7 Å². The highest BCUT2D eigenvalue weighted by atomic mass is 19.4. The van der Waals surface area contributed by atoms with Crippen molar-refractivity contribution in [1.29, 1.82) is 0 Å². The Labute approximate surface area is 196 Å². The van der Waals surface area contributed by atoms with E-state index in [4.69, 9.17) is 4.42 Å². The van der Waals surface area contributed by atoms with Crippen molar-refractivity contribution in [2.75, 3.05) is 5.32 Å². The molecule has 6 nitrogen and oxygen atoms in total. The normalized spacial score (nSPS) is 12.1. The summed E-state index contributed by atoms with van der Waals surface area (Å²) in [5.41, 5.74) is -0.367. The third kappa shape index (κ3) is 5.39. The summed E-state index contributed by atoms with van der Waals surface area (Å²) in [7, 11) is 0. The minimum absolute atomic E-state index is 0.0266. The molecule has 0 radical (unpaired) electrons. The molecule has 3 heterocycles. The van der Waals surface area contributed by atoms with Gasteiger partial charge in [-0.3, -0.25) is 14.5 Å². The van der Waals surface area contributed by atoms with Crippen LogP contribution in [0.15, 0.2) is 65.7 Å². The first kappa shape index (κ1) is 24.1. The fourth-order valence-electron chi connectivity index (χ4n) is 3.53. The second-order valence-electron chi connectivity index (χ2n) is 7.98. The molecule has 0 aliphatic heterocycles. The number of halogens is 5. The molecule has 11 heteroatoms. The Balaban J connectivity index is 1.56. The van der Waals surface area contributed by atoms with Gasteiger partial charge in [0.2, 0.25) is 0 Å². The molecular weight excluding hydrogens is 471 g/mol. The third-order valence-electron chi connectivity index (χ3n) is 5.24. The lowest BCUT2D eigenvalue weighted by Crippen LogP contribution is -2.16. The number of nitrogens with zero attached hydrogens (tertiary/aromatic N) is 3. The number of rotatable bonds is 6. The highest BCUT2D eigenvalue weighted by Gasteiger charge is 2.35. The van der Waals surface area contributed by atoms with Gasteiger partial charge >= 0.3 is 6.18 Å². The molecule has 1 aromatic carbocycles. The van der Waals surface area contributed by atoms with Crippen LogP contribution in [0.4, 0.5) is 27.6 Å². The zero-order valence-corrected chi connectivity index (χ0v) is 18.5. The number of carbonyl (C=O) groups is 1. The minimum Gasteiger partial charge on any atom is -0.464 e. The van der Waals surface area contributed by atoms with Crippen LogP contribution in [0.1, 0.15) is 39.7 Å². The number of furan rings is 1. The van der Waals surface area contributed by atoms with Gasteiger partial charge in [0.25, 0.3) is 11.8 Å². The van der Waals surface area contributed by atoms with Gasteiger partial charge in [-0.15, -0.1) is 0 Å². The quantitative estimate of drug-likeness (QED) is 0.323. The summed E-state index contributed by atoms with van der Waals surface area (Å²) in [6.45, 7) is 1.92. The number of pyridine rings is 1. The molecule has 0 aliphatic carbocycles. The molecule has 0 atom stereocenters. The maximum absolute atomic E-state index is 14.1. The fraction of sp³-hybridized carbons (Fsp3) is 0.208. The summed E-state index contributed by atoms with van der Waals surface area (Å²) in [5, 5.41) is 6.90. The van der Waals surface area contributed by atoms with Crippen molar-refractivity contribution in [2.45, 2.75) is 32.5 Å². The molecule has 0 bridgehead atoms. The Morgan fingerprint density at radius 2 is 1.89 bits per heavy atom. The maximum atomic E-state index is 14.1. The maximum Gasteiger partial charge on any atom is 0.416 e. The molecule has 35 heavy (non-hydrogen) atoms. The first-order chi connectivity index (χ1) is 16.4. The molecule has 3 aromatic heterocycles. The van der Waals surface area contributed by atoms with Crippen LogP contribution in [0, 0.1) is 6.92 Å². The summed E-state index contributed by atoms with van der Waals surface area (Å²) in [6, 6.07) is 7.24. The minimum atomic E-state index is -4.75. The standard InChI is InChI=1S/C24H19F5N4O2/c1-14-20(31-22(34)17-8-16(10-30-11-17)21-4-3-7-35-21)13-33(32-14)12-15-5-6-18(24(27,28)29)9-19(15)23(2,25)26/h3-11,13H,12H2,1-2H3,(H,31,34). The predicted octanol–water partition coefficient (Wildman–Crippen LogP) is 6.28. The smallest absolute Gasteiger partial charge is 0.416 e. The molecule has 0 aliphatic rings. The Bertz CT molecular complexity index is 1360. The van der Waals surface area contributed by atoms with Crippen LogP contribution >= 0.6 is 0 Å². The van der Waals surface area contributed by atoms with E-state index in [1.54, 1.807) is 31.3 Å². The van der Waals surface area contributed by atoms with Gasteiger partial charge in [0, 0.05) is 36.6 Å². The van der Waals surface area contributed by atoms with Crippen LogP contribution in [-0.2, 0) is 18.6 Å². The van der Waals surface area contributed by atoms with Gasteiger partial charge in [0.15, 0.2) is 0 Å². The molecule has 0 unspecified atom stereocenters. The van der Waals surface area contributed by atoms with Gasteiger partial charge in [-0.05, 0) is 42.8 Å². The molecule has 182 valence electrons. The number of benzene rings is 1. The average Bonchev–Trinajstić information content (AvgIpc) is 3.43. The summed E-state index contributed by atoms with van der Waals surface area (Å²) < 4.78 is 73.9. The number of hydrogen-bond donors (Lipinski definition) is 1. The van der Waals surface area contributed by atoms with Gasteiger partial charge in [-0.25, -0.2) is 8.78 Å². The van der Waals surface area contributed by atoms with E-state index in [1.807, 2.05) is 0 Å². The SMILES string of the molecule is Cc1nn(Cc2ccc(C(F)(F)F)cc2C(C)(F)F)cc1NC(=O)c1cncc(-c2ccco2)c1. The van der Waals surface area contributed by atoms with Gasteiger partial charge in [-0.2, -0.15) is 18.3 Å². The van der Waals surface area contributed by atoms with Crippen molar-refractivity contribution in [3.05, 3.63) is 89.2 Å². The second kappa shape index (κ2) is 8.97. The molecule has 4 rings (SSSR count). The van der Waals surface area contributed by atoms with Crippen LogP contribution in [0.5, 0.6) is 0 Å². The first-order valence-corrected chi connectivity index (χ1v) is 10.3. The van der Waals surface area contributed by atoms with E-state index in [-0.39, 0.29) is 17.7 Å². The Hall–Kier alpha value is -4.02. The number of nitrogens with one attached hydrogen (secondary N) is 1. The van der Waals surface area contributed by atoms with Gasteiger partial charge in [0.1, 0.15) is 5.76 Å². The zero-order valence-electron chi connectivity index (χ0n) is 18.5. The molecule has 0 spiro atoms. The van der Waals surface area contributed by atoms with Crippen LogP contribution in [0.25, 0.3) is 11.3 Å². The van der Waals surface area contributed by atoms with Crippen molar-refractivity contribution in [3.63, 3.8) is 0 Å². The van der Waals surface area contributed by atoms with Crippen LogP contribution in [0.2, 0.25) is 0 Å². The van der Waals surface area contributed by atoms with E-state index in [2.05, 4.69) is 15.4 Å². The molecule has 0 fully saturated rings. The van der Waals surface area contributed by atoms with Crippen LogP contribution < -0.4 is 5.32 Å². The van der Waals surface area contributed by atoms with Crippen molar-refractivity contribution < 1.29 is 31.2 Å². The van der Waals surface area contributed by atoms with E-state index in [1.165, 1.54) is 23.3 Å². The molecule has 4 aromatic rings. The van der Waals surface area contributed by atoms with Crippen molar-refractivity contribution in [2.24, 2.45) is 0 Å². The number of aromatic nitrogens is 3. The lowest BCUT2D eigenvalue weighted by molar-refractivity contribution is -0.137. The van der Waals surface area contributed by atoms with Crippen molar-refractivity contribution >= 4 is 11.6 Å². The summed E-state index contributed by atoms with van der Waals surface area (Å²) in [5.74, 6) is -3.44. The summed E-state index contributed by atoms with van der Waals surface area (Å²) in [6.07, 6.45) is 1.09. The Kier molecular flexibility index (Phi) is 6.18. The molecule has 0 saturated carbocycles. The van der Waals surface area contributed by atoms with Gasteiger partial charge in [-0.1, -0.05) is 6.07 Å². The Morgan fingerprint density at radius 1 is 1.11 bits per heavy atom. The van der Waals surface area contributed by atoms with Crippen molar-refractivity contribution in [1.82, 2.24) is 14.8 Å². The average molecular weight is 490 g/mol. The summed E-state index contributed by atoms with van der Waals surface area (Å²) >= 11 is 0. The molecule has 0 saturated heterocycles. The molecule has 1 N–H and O–H groups in total.